The Morgan fingerprint density at radius 3 is 2.42 bits per heavy atom. The number of carbonyl (C=O) groups is 1. The Bertz CT molecular complexity index is 893. The summed E-state index contributed by atoms with van der Waals surface area (Å²) in [5.74, 6) is 0.228. The van der Waals surface area contributed by atoms with Crippen LogP contribution in [0, 0.1) is 5.41 Å². The van der Waals surface area contributed by atoms with E-state index < -0.39 is 0 Å². The van der Waals surface area contributed by atoms with Crippen LogP contribution in [0.1, 0.15) is 32.3 Å². The number of anilines is 2. The molecule has 1 aliphatic carbocycles. The largest absolute Gasteiger partial charge is 0.373 e. The second-order valence-electron chi connectivity index (χ2n) is 7.90. The lowest BCUT2D eigenvalue weighted by atomic mass is 9.74. The molecule has 2 aromatic carbocycles. The van der Waals surface area contributed by atoms with Gasteiger partial charge >= 0.3 is 0 Å². The minimum atomic E-state index is -0.134. The predicted octanol–water partition coefficient (Wildman–Crippen LogP) is 5.25. The molecular formula is C23H24N2O. The van der Waals surface area contributed by atoms with E-state index >= 15 is 0 Å². The summed E-state index contributed by atoms with van der Waals surface area (Å²) in [6.45, 7) is 4.32. The molecule has 0 fully saturated rings. The normalized spacial score (nSPS) is 21.5. The van der Waals surface area contributed by atoms with Crippen LogP contribution in [0.25, 0.3) is 6.08 Å². The van der Waals surface area contributed by atoms with Crippen molar-refractivity contribution in [1.82, 2.24) is 0 Å². The highest BCUT2D eigenvalue weighted by molar-refractivity contribution is 6.01. The van der Waals surface area contributed by atoms with E-state index in [-0.39, 0.29) is 17.2 Å². The van der Waals surface area contributed by atoms with Gasteiger partial charge in [0.15, 0.2) is 5.78 Å². The summed E-state index contributed by atoms with van der Waals surface area (Å²) in [6.07, 6.45) is 5.65. The standard InChI is InChI=1S/C23H24N2O/c1-23(2)14-20-22(21(26)15-23)19(13-12-16-8-4-3-5-9-16)24-17-10-6-7-11-18(17)25-20/h3-13,19,24-25H,14-15H2,1-2H3/b13-12+. The number of para-hydroxylation sites is 2. The molecule has 1 heterocycles. The Kier molecular flexibility index (Phi) is 4.15. The van der Waals surface area contributed by atoms with E-state index in [1.54, 1.807) is 0 Å². The van der Waals surface area contributed by atoms with Gasteiger partial charge < -0.3 is 10.6 Å². The van der Waals surface area contributed by atoms with Gasteiger partial charge in [-0.2, -0.15) is 0 Å². The summed E-state index contributed by atoms with van der Waals surface area (Å²) in [7, 11) is 0. The monoisotopic (exact) mass is 344 g/mol. The van der Waals surface area contributed by atoms with Gasteiger partial charge in [-0.1, -0.05) is 68.5 Å². The number of hydrogen-bond donors (Lipinski definition) is 2. The van der Waals surface area contributed by atoms with Crippen LogP contribution < -0.4 is 10.6 Å². The molecule has 3 nitrogen and oxygen atoms in total. The first-order chi connectivity index (χ1) is 12.5. The van der Waals surface area contributed by atoms with Crippen LogP contribution in [0.4, 0.5) is 11.4 Å². The van der Waals surface area contributed by atoms with Gasteiger partial charge in [0.2, 0.25) is 0 Å². The number of allylic oxidation sites excluding steroid dienone is 1. The number of carbonyl (C=O) groups excluding carboxylic acids is 1. The molecule has 0 saturated heterocycles. The van der Waals surface area contributed by atoms with E-state index in [1.807, 2.05) is 30.3 Å². The number of Topliss-reactive ketones (excluding diaryl/α,β-unsaturated/α-hetero) is 1. The molecule has 0 bridgehead atoms. The zero-order valence-electron chi connectivity index (χ0n) is 15.3. The van der Waals surface area contributed by atoms with E-state index in [0.29, 0.717) is 6.42 Å². The van der Waals surface area contributed by atoms with Crippen LogP contribution >= 0.6 is 0 Å². The maximum atomic E-state index is 13.0. The van der Waals surface area contributed by atoms with E-state index in [2.05, 4.69) is 60.9 Å². The van der Waals surface area contributed by atoms with Crippen molar-refractivity contribution in [3.05, 3.63) is 77.5 Å². The van der Waals surface area contributed by atoms with Crippen molar-refractivity contribution >= 4 is 23.2 Å². The summed E-state index contributed by atoms with van der Waals surface area (Å²) in [4.78, 5) is 13.0. The molecule has 26 heavy (non-hydrogen) atoms. The van der Waals surface area contributed by atoms with Crippen LogP contribution in [-0.4, -0.2) is 11.8 Å². The van der Waals surface area contributed by atoms with E-state index in [1.165, 1.54) is 0 Å². The number of hydrogen-bond acceptors (Lipinski definition) is 3. The van der Waals surface area contributed by atoms with Crippen molar-refractivity contribution in [2.24, 2.45) is 5.41 Å². The first-order valence-corrected chi connectivity index (χ1v) is 9.14. The van der Waals surface area contributed by atoms with E-state index in [0.717, 1.165) is 34.6 Å². The van der Waals surface area contributed by atoms with E-state index in [9.17, 15) is 4.79 Å². The van der Waals surface area contributed by atoms with Crippen LogP contribution in [0.5, 0.6) is 0 Å². The number of ketones is 1. The maximum absolute atomic E-state index is 13.0. The van der Waals surface area contributed by atoms with Crippen molar-refractivity contribution in [3.63, 3.8) is 0 Å². The second kappa shape index (κ2) is 6.49. The Balaban J connectivity index is 1.77. The number of rotatable bonds is 2. The van der Waals surface area contributed by atoms with Gasteiger partial charge in [-0.3, -0.25) is 4.79 Å². The smallest absolute Gasteiger partial charge is 0.163 e. The first kappa shape index (κ1) is 16.6. The predicted molar refractivity (Wildman–Crippen MR) is 108 cm³/mol. The van der Waals surface area contributed by atoms with Gasteiger partial charge in [0.05, 0.1) is 17.4 Å². The highest BCUT2D eigenvalue weighted by Gasteiger charge is 2.37. The second-order valence-corrected chi connectivity index (χ2v) is 7.90. The summed E-state index contributed by atoms with van der Waals surface area (Å²) in [6, 6.07) is 18.2. The summed E-state index contributed by atoms with van der Waals surface area (Å²) < 4.78 is 0. The van der Waals surface area contributed by atoms with Gasteiger partial charge in [-0.25, -0.2) is 0 Å². The first-order valence-electron chi connectivity index (χ1n) is 9.14. The zero-order chi connectivity index (χ0) is 18.1. The third kappa shape index (κ3) is 3.30. The van der Waals surface area contributed by atoms with Gasteiger partial charge in [0.1, 0.15) is 0 Å². The minimum absolute atomic E-state index is 0.0180. The lowest BCUT2D eigenvalue weighted by Crippen LogP contribution is -2.34. The number of benzene rings is 2. The summed E-state index contributed by atoms with van der Waals surface area (Å²) >= 11 is 0. The fourth-order valence-electron chi connectivity index (χ4n) is 3.84. The highest BCUT2D eigenvalue weighted by Crippen LogP contribution is 2.41. The molecule has 4 rings (SSSR count). The Morgan fingerprint density at radius 1 is 0.962 bits per heavy atom. The molecule has 2 aliphatic rings. The number of nitrogens with one attached hydrogen (secondary N) is 2. The Morgan fingerprint density at radius 2 is 1.65 bits per heavy atom. The van der Waals surface area contributed by atoms with Crippen molar-refractivity contribution in [3.8, 4) is 0 Å². The molecule has 2 aromatic rings. The van der Waals surface area contributed by atoms with Crippen molar-refractivity contribution in [2.45, 2.75) is 32.7 Å². The summed E-state index contributed by atoms with van der Waals surface area (Å²) in [5, 5.41) is 7.10. The topological polar surface area (TPSA) is 41.1 Å². The molecule has 1 atom stereocenters. The molecule has 1 aliphatic heterocycles. The highest BCUT2D eigenvalue weighted by atomic mass is 16.1. The molecular weight excluding hydrogens is 320 g/mol. The van der Waals surface area contributed by atoms with Gasteiger partial charge in [-0.15, -0.1) is 0 Å². The average molecular weight is 344 g/mol. The molecule has 2 N–H and O–H groups in total. The fraction of sp³-hybridized carbons (Fsp3) is 0.261. The van der Waals surface area contributed by atoms with Crippen LogP contribution in [-0.2, 0) is 4.79 Å². The van der Waals surface area contributed by atoms with Crippen LogP contribution in [0.3, 0.4) is 0 Å². The lowest BCUT2D eigenvalue weighted by molar-refractivity contribution is -0.118. The molecule has 0 saturated carbocycles. The van der Waals surface area contributed by atoms with Gasteiger partial charge in [-0.05, 0) is 29.5 Å². The average Bonchev–Trinajstić information content (AvgIpc) is 2.75. The minimum Gasteiger partial charge on any atom is -0.373 e. The molecule has 132 valence electrons. The molecule has 0 spiro atoms. The van der Waals surface area contributed by atoms with Gasteiger partial charge in [0, 0.05) is 17.7 Å². The molecule has 0 radical (unpaired) electrons. The quantitative estimate of drug-likeness (QED) is 0.782. The zero-order valence-corrected chi connectivity index (χ0v) is 15.3. The summed E-state index contributed by atoms with van der Waals surface area (Å²) in [5.41, 5.74) is 5.08. The SMILES string of the molecule is CC1(C)CC(=O)C2=C(C1)Nc1ccccc1NC2/C=C/c1ccccc1. The Labute approximate surface area is 154 Å². The molecule has 1 unspecified atom stereocenters. The lowest BCUT2D eigenvalue weighted by Gasteiger charge is -2.33. The fourth-order valence-corrected chi connectivity index (χ4v) is 3.84. The third-order valence-corrected chi connectivity index (χ3v) is 5.04. The molecule has 0 aromatic heterocycles. The Hall–Kier alpha value is -2.81. The van der Waals surface area contributed by atoms with Gasteiger partial charge in [0.25, 0.3) is 0 Å². The van der Waals surface area contributed by atoms with Crippen molar-refractivity contribution in [2.75, 3.05) is 10.6 Å². The third-order valence-electron chi connectivity index (χ3n) is 5.04. The van der Waals surface area contributed by atoms with Crippen molar-refractivity contribution in [1.29, 1.82) is 0 Å². The van der Waals surface area contributed by atoms with E-state index in [4.69, 9.17) is 0 Å². The van der Waals surface area contributed by atoms with Crippen molar-refractivity contribution < 1.29 is 4.79 Å². The molecule has 0 amide bonds. The van der Waals surface area contributed by atoms with Crippen LogP contribution in [0.2, 0.25) is 0 Å². The van der Waals surface area contributed by atoms with Crippen LogP contribution in [0.15, 0.2) is 71.9 Å². The molecule has 3 heteroatoms. The maximum Gasteiger partial charge on any atom is 0.163 e. The number of fused-ring (bicyclic) bond motifs is 1.